The lowest BCUT2D eigenvalue weighted by atomic mass is 10.1. The zero-order valence-electron chi connectivity index (χ0n) is 14.6. The number of aromatic carboxylic acids is 1. The van der Waals surface area contributed by atoms with E-state index in [-0.39, 0.29) is 5.69 Å². The van der Waals surface area contributed by atoms with Gasteiger partial charge in [0.25, 0.3) is 0 Å². The summed E-state index contributed by atoms with van der Waals surface area (Å²) < 4.78 is 17.0. The van der Waals surface area contributed by atoms with E-state index in [0.717, 1.165) is 0 Å². The van der Waals surface area contributed by atoms with Crippen LogP contribution in [0.25, 0.3) is 16.9 Å². The molecule has 0 saturated carbocycles. The summed E-state index contributed by atoms with van der Waals surface area (Å²) in [6, 6.07) is 13.6. The SMILES string of the molecule is COc1ccc(-n2nc(-c3ccc(OC)cc3OC)cc2C(=O)[O-])cc1. The van der Waals surface area contributed by atoms with Gasteiger partial charge in [-0.25, -0.2) is 4.68 Å². The summed E-state index contributed by atoms with van der Waals surface area (Å²) in [6.07, 6.45) is 0. The Morgan fingerprint density at radius 2 is 1.58 bits per heavy atom. The van der Waals surface area contributed by atoms with Crippen molar-refractivity contribution in [2.75, 3.05) is 21.3 Å². The quantitative estimate of drug-likeness (QED) is 0.673. The van der Waals surface area contributed by atoms with Crippen LogP contribution in [0.3, 0.4) is 0 Å². The van der Waals surface area contributed by atoms with E-state index in [1.165, 1.54) is 17.9 Å². The van der Waals surface area contributed by atoms with E-state index in [1.807, 2.05) is 0 Å². The van der Waals surface area contributed by atoms with Gasteiger partial charge in [-0.15, -0.1) is 0 Å². The van der Waals surface area contributed by atoms with Crippen LogP contribution >= 0.6 is 0 Å². The Bertz CT molecular complexity index is 932. The fourth-order valence-electron chi connectivity index (χ4n) is 2.59. The van der Waals surface area contributed by atoms with Crippen molar-refractivity contribution in [2.24, 2.45) is 0 Å². The highest BCUT2D eigenvalue weighted by atomic mass is 16.5. The summed E-state index contributed by atoms with van der Waals surface area (Å²) in [6.45, 7) is 0. The number of aromatic nitrogens is 2. The lowest BCUT2D eigenvalue weighted by molar-refractivity contribution is -0.255. The number of carboxylic acids is 1. The third-order valence-corrected chi connectivity index (χ3v) is 3.92. The normalized spacial score (nSPS) is 10.4. The first-order valence-electron chi connectivity index (χ1n) is 7.75. The number of carbonyl (C=O) groups is 1. The number of benzene rings is 2. The molecule has 2 aromatic carbocycles. The fourth-order valence-corrected chi connectivity index (χ4v) is 2.59. The van der Waals surface area contributed by atoms with E-state index in [1.54, 1.807) is 56.7 Å². The number of rotatable bonds is 6. The molecule has 0 aliphatic carbocycles. The summed E-state index contributed by atoms with van der Waals surface area (Å²) in [4.78, 5) is 11.6. The number of hydrogen-bond donors (Lipinski definition) is 0. The van der Waals surface area contributed by atoms with Crippen molar-refractivity contribution in [1.82, 2.24) is 9.78 Å². The minimum atomic E-state index is -1.33. The van der Waals surface area contributed by atoms with Gasteiger partial charge in [0, 0.05) is 11.6 Å². The molecule has 3 aromatic rings. The molecule has 0 fully saturated rings. The van der Waals surface area contributed by atoms with Crippen LogP contribution in [-0.4, -0.2) is 37.1 Å². The Balaban J connectivity index is 2.11. The molecule has 0 unspecified atom stereocenters. The minimum Gasteiger partial charge on any atom is -0.543 e. The van der Waals surface area contributed by atoms with E-state index >= 15 is 0 Å². The number of carbonyl (C=O) groups excluding carboxylic acids is 1. The van der Waals surface area contributed by atoms with Crippen molar-refractivity contribution in [3.8, 4) is 34.2 Å². The summed E-state index contributed by atoms with van der Waals surface area (Å²) in [5.41, 5.74) is 1.59. The van der Waals surface area contributed by atoms with Crippen LogP contribution in [0, 0.1) is 0 Å². The summed E-state index contributed by atoms with van der Waals surface area (Å²) >= 11 is 0. The second-order valence-electron chi connectivity index (χ2n) is 5.38. The fraction of sp³-hybridized carbons (Fsp3) is 0.158. The molecule has 7 heteroatoms. The second kappa shape index (κ2) is 7.18. The van der Waals surface area contributed by atoms with Crippen LogP contribution in [0.1, 0.15) is 10.5 Å². The van der Waals surface area contributed by atoms with Gasteiger partial charge in [0.05, 0.1) is 44.4 Å². The van der Waals surface area contributed by atoms with Crippen LogP contribution in [0.5, 0.6) is 17.2 Å². The molecule has 134 valence electrons. The van der Waals surface area contributed by atoms with Gasteiger partial charge in [0.2, 0.25) is 0 Å². The van der Waals surface area contributed by atoms with Gasteiger partial charge in [-0.2, -0.15) is 5.10 Å². The van der Waals surface area contributed by atoms with Gasteiger partial charge in [0.1, 0.15) is 17.2 Å². The number of nitrogens with zero attached hydrogens (tertiary/aromatic N) is 2. The largest absolute Gasteiger partial charge is 0.543 e. The third-order valence-electron chi connectivity index (χ3n) is 3.92. The minimum absolute atomic E-state index is 0.0666. The average Bonchev–Trinajstić information content (AvgIpc) is 3.13. The van der Waals surface area contributed by atoms with Gasteiger partial charge in [-0.1, -0.05) is 0 Å². The molecule has 0 amide bonds. The molecule has 0 aliphatic heterocycles. The predicted molar refractivity (Wildman–Crippen MR) is 93.0 cm³/mol. The lowest BCUT2D eigenvalue weighted by Gasteiger charge is -2.09. The monoisotopic (exact) mass is 353 g/mol. The molecule has 1 heterocycles. The van der Waals surface area contributed by atoms with Gasteiger partial charge in [-0.05, 0) is 42.5 Å². The Morgan fingerprint density at radius 3 is 2.15 bits per heavy atom. The van der Waals surface area contributed by atoms with Crippen molar-refractivity contribution < 1.29 is 24.1 Å². The van der Waals surface area contributed by atoms with Gasteiger partial charge >= 0.3 is 0 Å². The zero-order valence-corrected chi connectivity index (χ0v) is 14.6. The van der Waals surface area contributed by atoms with Crippen LogP contribution in [0.2, 0.25) is 0 Å². The third kappa shape index (κ3) is 3.19. The molecule has 0 atom stereocenters. The van der Waals surface area contributed by atoms with E-state index in [2.05, 4.69) is 5.10 Å². The Labute approximate surface area is 150 Å². The molecule has 0 aliphatic rings. The molecule has 0 bridgehead atoms. The van der Waals surface area contributed by atoms with Crippen LogP contribution in [0.15, 0.2) is 48.5 Å². The van der Waals surface area contributed by atoms with Crippen LogP contribution in [-0.2, 0) is 0 Å². The highest BCUT2D eigenvalue weighted by molar-refractivity contribution is 5.87. The standard InChI is InChI=1S/C19H18N2O5/c1-24-13-6-4-12(5-7-13)21-17(19(22)23)11-16(20-21)15-9-8-14(25-2)10-18(15)26-3/h4-11H,1-3H3,(H,22,23)/p-1. The topological polar surface area (TPSA) is 85.6 Å². The Kier molecular flexibility index (Phi) is 4.79. The molecule has 0 spiro atoms. The maximum Gasteiger partial charge on any atom is 0.132 e. The van der Waals surface area contributed by atoms with Crippen molar-refractivity contribution in [3.63, 3.8) is 0 Å². The lowest BCUT2D eigenvalue weighted by Crippen LogP contribution is -2.25. The van der Waals surface area contributed by atoms with Gasteiger partial charge < -0.3 is 24.1 Å². The average molecular weight is 353 g/mol. The molecule has 3 rings (SSSR count). The van der Waals surface area contributed by atoms with Crippen molar-refractivity contribution in [1.29, 1.82) is 0 Å². The summed E-state index contributed by atoms with van der Waals surface area (Å²) in [7, 11) is 4.64. The second-order valence-corrected chi connectivity index (χ2v) is 5.38. The van der Waals surface area contributed by atoms with Gasteiger partial charge in [-0.3, -0.25) is 0 Å². The smallest absolute Gasteiger partial charge is 0.132 e. The molecule has 0 radical (unpaired) electrons. The van der Waals surface area contributed by atoms with Crippen LogP contribution < -0.4 is 19.3 Å². The first kappa shape index (κ1) is 17.3. The van der Waals surface area contributed by atoms with Crippen molar-refractivity contribution in [2.45, 2.75) is 0 Å². The van der Waals surface area contributed by atoms with E-state index in [0.29, 0.717) is 34.2 Å². The maximum atomic E-state index is 11.6. The summed E-state index contributed by atoms with van der Waals surface area (Å²) in [5, 5.41) is 16.0. The van der Waals surface area contributed by atoms with Gasteiger partial charge in [0.15, 0.2) is 0 Å². The Morgan fingerprint density at radius 1 is 0.923 bits per heavy atom. The van der Waals surface area contributed by atoms with Crippen molar-refractivity contribution >= 4 is 5.97 Å². The van der Waals surface area contributed by atoms with E-state index in [9.17, 15) is 9.90 Å². The van der Waals surface area contributed by atoms with E-state index in [4.69, 9.17) is 14.2 Å². The molecular weight excluding hydrogens is 336 g/mol. The highest BCUT2D eigenvalue weighted by Crippen LogP contribution is 2.33. The Hall–Kier alpha value is -3.48. The number of hydrogen-bond acceptors (Lipinski definition) is 6. The zero-order chi connectivity index (χ0) is 18.7. The number of methoxy groups -OCH3 is 3. The van der Waals surface area contributed by atoms with Crippen LogP contribution in [0.4, 0.5) is 0 Å². The molecular formula is C19H17N2O5-. The number of carboxylic acid groups (broad SMARTS) is 1. The first-order chi connectivity index (χ1) is 12.6. The predicted octanol–water partition coefficient (Wildman–Crippen LogP) is 1.93. The highest BCUT2D eigenvalue weighted by Gasteiger charge is 2.16. The number of ether oxygens (including phenoxy) is 3. The molecule has 7 nitrogen and oxygen atoms in total. The first-order valence-corrected chi connectivity index (χ1v) is 7.75. The molecule has 1 aromatic heterocycles. The maximum absolute atomic E-state index is 11.6. The van der Waals surface area contributed by atoms with E-state index < -0.39 is 5.97 Å². The molecule has 0 saturated heterocycles. The molecule has 0 N–H and O–H groups in total. The van der Waals surface area contributed by atoms with Crippen molar-refractivity contribution in [3.05, 3.63) is 54.2 Å². The molecule has 26 heavy (non-hydrogen) atoms. The summed E-state index contributed by atoms with van der Waals surface area (Å²) in [5.74, 6) is 0.481.